The molecule has 0 aliphatic rings. The van der Waals surface area contributed by atoms with Crippen molar-refractivity contribution in [2.24, 2.45) is 0 Å². The van der Waals surface area contributed by atoms with Crippen molar-refractivity contribution < 1.29 is 23.5 Å². The summed E-state index contributed by atoms with van der Waals surface area (Å²) in [6, 6.07) is 21.1. The Morgan fingerprint density at radius 1 is 1.03 bits per heavy atom. The Hall–Kier alpha value is -4.17. The highest BCUT2D eigenvalue weighted by Crippen LogP contribution is 2.27. The van der Waals surface area contributed by atoms with Crippen molar-refractivity contribution in [2.45, 2.75) is 6.92 Å². The van der Waals surface area contributed by atoms with Gasteiger partial charge in [0, 0.05) is 16.3 Å². The number of carbonyl (C=O) groups is 2. The predicted molar refractivity (Wildman–Crippen MR) is 130 cm³/mol. The van der Waals surface area contributed by atoms with E-state index in [-0.39, 0.29) is 24.8 Å². The van der Waals surface area contributed by atoms with Crippen LogP contribution < -0.4 is 10.1 Å². The Morgan fingerprint density at radius 3 is 2.54 bits per heavy atom. The summed E-state index contributed by atoms with van der Waals surface area (Å²) in [6.07, 6.45) is 0. The topological polar surface area (TPSA) is 82.5 Å². The third-order valence-electron chi connectivity index (χ3n) is 4.87. The van der Waals surface area contributed by atoms with Gasteiger partial charge in [0.25, 0.3) is 5.91 Å². The van der Waals surface area contributed by atoms with E-state index in [9.17, 15) is 14.0 Å². The highest BCUT2D eigenvalue weighted by molar-refractivity contribution is 6.30. The smallest absolute Gasteiger partial charge is 0.358 e. The van der Waals surface area contributed by atoms with E-state index in [2.05, 4.69) is 10.4 Å². The zero-order valence-electron chi connectivity index (χ0n) is 18.7. The lowest BCUT2D eigenvalue weighted by molar-refractivity contribution is -0.118. The van der Waals surface area contributed by atoms with Crippen molar-refractivity contribution in [1.82, 2.24) is 9.78 Å². The van der Waals surface area contributed by atoms with Crippen LogP contribution in [0.4, 0.5) is 10.1 Å². The predicted octanol–water partition coefficient (Wildman–Crippen LogP) is 5.53. The molecule has 7 nitrogen and oxygen atoms in total. The molecule has 1 N–H and O–H groups in total. The monoisotopic (exact) mass is 493 g/mol. The van der Waals surface area contributed by atoms with Crippen molar-refractivity contribution in [3.8, 4) is 22.7 Å². The lowest BCUT2D eigenvalue weighted by Gasteiger charge is -2.11. The quantitative estimate of drug-likeness (QED) is 0.326. The van der Waals surface area contributed by atoms with Crippen LogP contribution in [0, 0.1) is 5.82 Å². The van der Waals surface area contributed by atoms with Gasteiger partial charge in [-0.05, 0) is 67.6 Å². The molecule has 0 aliphatic heterocycles. The fraction of sp³-hybridized carbons (Fsp3) is 0.115. The molecule has 4 rings (SSSR count). The molecule has 178 valence electrons. The molecule has 0 spiro atoms. The second-order valence-electron chi connectivity index (χ2n) is 7.40. The number of esters is 1. The largest absolute Gasteiger partial charge is 0.484 e. The van der Waals surface area contributed by atoms with Crippen LogP contribution in [0.3, 0.4) is 0 Å². The number of halogens is 2. The lowest BCUT2D eigenvalue weighted by Crippen LogP contribution is -2.20. The number of rotatable bonds is 8. The van der Waals surface area contributed by atoms with Crippen LogP contribution in [0.15, 0.2) is 78.9 Å². The zero-order chi connectivity index (χ0) is 24.8. The van der Waals surface area contributed by atoms with Gasteiger partial charge in [-0.1, -0.05) is 29.8 Å². The average molecular weight is 494 g/mol. The molecule has 0 unspecified atom stereocenters. The van der Waals surface area contributed by atoms with E-state index < -0.39 is 11.8 Å². The molecule has 0 atom stereocenters. The van der Waals surface area contributed by atoms with Gasteiger partial charge in [-0.15, -0.1) is 0 Å². The number of amides is 1. The normalized spacial score (nSPS) is 10.6. The molecule has 1 heterocycles. The molecule has 0 fully saturated rings. The van der Waals surface area contributed by atoms with E-state index in [0.717, 1.165) is 0 Å². The highest BCUT2D eigenvalue weighted by Gasteiger charge is 2.18. The van der Waals surface area contributed by atoms with Gasteiger partial charge < -0.3 is 14.8 Å². The molecule has 0 saturated heterocycles. The molecule has 0 aliphatic carbocycles. The fourth-order valence-electron chi connectivity index (χ4n) is 3.33. The number of nitrogens with zero attached hydrogens (tertiary/aromatic N) is 2. The number of carbonyl (C=O) groups excluding carboxylic acids is 2. The van der Waals surface area contributed by atoms with E-state index in [1.807, 2.05) is 6.07 Å². The fourth-order valence-corrected chi connectivity index (χ4v) is 3.51. The van der Waals surface area contributed by atoms with E-state index >= 15 is 0 Å². The average Bonchev–Trinajstić information content (AvgIpc) is 3.29. The lowest BCUT2D eigenvalue weighted by atomic mass is 10.1. The highest BCUT2D eigenvalue weighted by atomic mass is 35.5. The molecule has 0 bridgehead atoms. The van der Waals surface area contributed by atoms with Crippen LogP contribution in [0.2, 0.25) is 5.02 Å². The van der Waals surface area contributed by atoms with Crippen molar-refractivity contribution in [2.75, 3.05) is 18.5 Å². The minimum atomic E-state index is -0.572. The number of aromatic nitrogens is 2. The molecular weight excluding hydrogens is 473 g/mol. The number of hydrogen-bond donors (Lipinski definition) is 1. The summed E-state index contributed by atoms with van der Waals surface area (Å²) in [5.41, 5.74) is 2.42. The number of benzene rings is 3. The van der Waals surface area contributed by atoms with Gasteiger partial charge in [0.2, 0.25) is 0 Å². The first-order valence-electron chi connectivity index (χ1n) is 10.7. The number of ether oxygens (including phenoxy) is 2. The Kier molecular flexibility index (Phi) is 7.42. The van der Waals surface area contributed by atoms with Crippen molar-refractivity contribution in [1.29, 1.82) is 0 Å². The van der Waals surface area contributed by atoms with Gasteiger partial charge in [-0.3, -0.25) is 4.79 Å². The molecule has 1 aromatic heterocycles. The summed E-state index contributed by atoms with van der Waals surface area (Å²) in [4.78, 5) is 24.7. The van der Waals surface area contributed by atoms with E-state index in [1.54, 1.807) is 67.6 Å². The van der Waals surface area contributed by atoms with Crippen molar-refractivity contribution in [3.63, 3.8) is 0 Å². The molecule has 1 amide bonds. The molecule has 0 radical (unpaired) electrons. The summed E-state index contributed by atoms with van der Waals surface area (Å²) in [5.74, 6) is -0.840. The van der Waals surface area contributed by atoms with E-state index in [0.29, 0.717) is 33.4 Å². The van der Waals surface area contributed by atoms with Crippen LogP contribution in [0.1, 0.15) is 17.4 Å². The van der Waals surface area contributed by atoms with Crippen LogP contribution >= 0.6 is 11.6 Å². The summed E-state index contributed by atoms with van der Waals surface area (Å²) < 4.78 is 25.5. The molecule has 3 aromatic carbocycles. The number of nitrogens with one attached hydrogen (secondary N) is 1. The summed E-state index contributed by atoms with van der Waals surface area (Å²) in [6.45, 7) is 1.71. The molecular formula is C26H21ClFN3O4. The van der Waals surface area contributed by atoms with Crippen molar-refractivity contribution >= 4 is 29.2 Å². The number of anilines is 1. The van der Waals surface area contributed by atoms with Gasteiger partial charge >= 0.3 is 5.97 Å². The minimum Gasteiger partial charge on any atom is -0.484 e. The summed E-state index contributed by atoms with van der Waals surface area (Å²) >= 11 is 5.93. The maximum atomic E-state index is 13.5. The second-order valence-corrected chi connectivity index (χ2v) is 7.83. The molecule has 0 saturated carbocycles. The molecule has 35 heavy (non-hydrogen) atoms. The first-order chi connectivity index (χ1) is 16.9. The zero-order valence-corrected chi connectivity index (χ0v) is 19.5. The summed E-state index contributed by atoms with van der Waals surface area (Å²) in [7, 11) is 0. The SMILES string of the molecule is CCOC(=O)c1cc(-c2cccc(NC(=O)COc3cccc(Cl)c3)c2)n(-c2ccc(F)cc2)n1. The van der Waals surface area contributed by atoms with Crippen LogP contribution in [-0.4, -0.2) is 34.9 Å². The van der Waals surface area contributed by atoms with Gasteiger partial charge in [0.15, 0.2) is 12.3 Å². The van der Waals surface area contributed by atoms with E-state index in [1.165, 1.54) is 16.8 Å². The maximum absolute atomic E-state index is 13.5. The minimum absolute atomic E-state index is 0.107. The van der Waals surface area contributed by atoms with Gasteiger partial charge in [0.05, 0.1) is 18.0 Å². The standard InChI is InChI=1S/C26H21ClFN3O4/c1-2-34-26(33)23-15-24(31(30-23)21-11-9-19(28)10-12-21)17-5-3-7-20(13-17)29-25(32)16-35-22-8-4-6-18(27)14-22/h3-15H,2,16H2,1H3,(H,29,32). The van der Waals surface area contributed by atoms with Crippen LogP contribution in [-0.2, 0) is 9.53 Å². The third-order valence-corrected chi connectivity index (χ3v) is 5.11. The Labute approximate surface area is 206 Å². The first kappa shape index (κ1) is 24.0. The van der Waals surface area contributed by atoms with Crippen molar-refractivity contribution in [3.05, 3.63) is 95.4 Å². The Morgan fingerprint density at radius 2 is 1.80 bits per heavy atom. The Bertz CT molecular complexity index is 1350. The van der Waals surface area contributed by atoms with Gasteiger partial charge in [-0.25, -0.2) is 13.9 Å². The molecule has 4 aromatic rings. The number of hydrogen-bond acceptors (Lipinski definition) is 5. The van der Waals surface area contributed by atoms with Crippen LogP contribution in [0.25, 0.3) is 16.9 Å². The summed E-state index contributed by atoms with van der Waals surface area (Å²) in [5, 5.41) is 7.66. The van der Waals surface area contributed by atoms with Crippen LogP contribution in [0.5, 0.6) is 5.75 Å². The van der Waals surface area contributed by atoms with E-state index in [4.69, 9.17) is 21.1 Å². The molecule has 9 heteroatoms. The first-order valence-corrected chi connectivity index (χ1v) is 11.1. The second kappa shape index (κ2) is 10.8. The van der Waals surface area contributed by atoms with Gasteiger partial charge in [-0.2, -0.15) is 5.10 Å². The third kappa shape index (κ3) is 6.04. The van der Waals surface area contributed by atoms with Gasteiger partial charge in [0.1, 0.15) is 11.6 Å². The maximum Gasteiger partial charge on any atom is 0.358 e. The Balaban J connectivity index is 1.58.